The molecule has 2 N–H and O–H groups in total. The molecule has 0 radical (unpaired) electrons. The first-order chi connectivity index (χ1) is 9.44. The van der Waals surface area contributed by atoms with Crippen LogP contribution in [0.3, 0.4) is 0 Å². The second kappa shape index (κ2) is 9.78. The number of carbonyl (C=O) groups is 2. The van der Waals surface area contributed by atoms with Crippen LogP contribution in [0.1, 0.15) is 78.6 Å². The van der Waals surface area contributed by atoms with Gasteiger partial charge in [-0.3, -0.25) is 9.59 Å². The molecule has 0 aromatic rings. The molecule has 0 aromatic heterocycles. The highest BCUT2D eigenvalue weighted by atomic mass is 16.4. The van der Waals surface area contributed by atoms with Crippen molar-refractivity contribution in [3.05, 3.63) is 0 Å². The summed E-state index contributed by atoms with van der Waals surface area (Å²) < 4.78 is 0. The number of hydrogen-bond acceptors (Lipinski definition) is 2. The lowest BCUT2D eigenvalue weighted by molar-refractivity contribution is -0.154. The maximum absolute atomic E-state index is 11.9. The minimum Gasteiger partial charge on any atom is -0.481 e. The van der Waals surface area contributed by atoms with Gasteiger partial charge in [-0.05, 0) is 38.0 Å². The second-order valence-corrected chi connectivity index (χ2v) is 5.73. The molecule has 1 unspecified atom stereocenters. The molecule has 0 aromatic carbocycles. The van der Waals surface area contributed by atoms with E-state index in [0.717, 1.165) is 25.7 Å². The zero-order chi connectivity index (χ0) is 15.6. The van der Waals surface area contributed by atoms with Gasteiger partial charge in [0.25, 0.3) is 0 Å². The van der Waals surface area contributed by atoms with Crippen LogP contribution >= 0.6 is 0 Å². The molecule has 0 aliphatic rings. The van der Waals surface area contributed by atoms with Crippen molar-refractivity contribution in [1.82, 2.24) is 0 Å². The highest BCUT2D eigenvalue weighted by Gasteiger charge is 2.43. The van der Waals surface area contributed by atoms with Gasteiger partial charge >= 0.3 is 11.9 Å². The molecule has 0 rings (SSSR count). The molecule has 0 saturated carbocycles. The number of rotatable bonds is 12. The Hall–Kier alpha value is -1.06. The normalized spacial score (nSPS) is 13.2. The molecule has 20 heavy (non-hydrogen) atoms. The number of carboxylic acids is 2. The third-order valence-corrected chi connectivity index (χ3v) is 4.18. The van der Waals surface area contributed by atoms with E-state index in [1.54, 1.807) is 0 Å². The summed E-state index contributed by atoms with van der Waals surface area (Å²) in [6, 6.07) is 0. The molecule has 0 heterocycles. The Morgan fingerprint density at radius 2 is 1.50 bits per heavy atom. The van der Waals surface area contributed by atoms with Crippen molar-refractivity contribution in [3.63, 3.8) is 0 Å². The lowest BCUT2D eigenvalue weighted by atomic mass is 9.66. The molecule has 0 aliphatic heterocycles. The van der Waals surface area contributed by atoms with Crippen molar-refractivity contribution in [2.75, 3.05) is 0 Å². The van der Waals surface area contributed by atoms with Crippen LogP contribution in [0.4, 0.5) is 0 Å². The van der Waals surface area contributed by atoms with Crippen LogP contribution in [0, 0.1) is 11.3 Å². The summed E-state index contributed by atoms with van der Waals surface area (Å²) in [5.41, 5.74) is -0.669. The molecular formula is C16H30O4. The van der Waals surface area contributed by atoms with E-state index in [1.165, 1.54) is 0 Å². The molecule has 0 aliphatic carbocycles. The SMILES string of the molecule is CCCC(CCCC(=O)O)C(CCC)(CCC)C(=O)O. The topological polar surface area (TPSA) is 74.6 Å². The van der Waals surface area contributed by atoms with Crippen molar-refractivity contribution >= 4 is 11.9 Å². The molecule has 0 fully saturated rings. The molecule has 1 atom stereocenters. The van der Waals surface area contributed by atoms with E-state index in [0.29, 0.717) is 25.7 Å². The fourth-order valence-electron chi connectivity index (χ4n) is 3.36. The van der Waals surface area contributed by atoms with Crippen LogP contribution in [-0.4, -0.2) is 22.2 Å². The van der Waals surface area contributed by atoms with Crippen LogP contribution in [-0.2, 0) is 9.59 Å². The Bertz CT molecular complexity index is 293. The molecule has 0 bridgehead atoms. The van der Waals surface area contributed by atoms with Crippen molar-refractivity contribution in [2.24, 2.45) is 11.3 Å². The summed E-state index contributed by atoms with van der Waals surface area (Å²) in [5.74, 6) is -1.41. The van der Waals surface area contributed by atoms with E-state index in [4.69, 9.17) is 5.11 Å². The summed E-state index contributed by atoms with van der Waals surface area (Å²) in [6.07, 6.45) is 6.30. The molecule has 4 heteroatoms. The highest BCUT2D eigenvalue weighted by molar-refractivity contribution is 5.75. The van der Waals surface area contributed by atoms with Crippen molar-refractivity contribution in [1.29, 1.82) is 0 Å². The largest absolute Gasteiger partial charge is 0.481 e. The van der Waals surface area contributed by atoms with Gasteiger partial charge in [0.2, 0.25) is 0 Å². The van der Waals surface area contributed by atoms with E-state index >= 15 is 0 Å². The molecule has 4 nitrogen and oxygen atoms in total. The number of carboxylic acid groups (broad SMARTS) is 2. The first-order valence-corrected chi connectivity index (χ1v) is 7.89. The highest BCUT2D eigenvalue weighted by Crippen LogP contribution is 2.43. The minimum atomic E-state index is -0.799. The smallest absolute Gasteiger partial charge is 0.309 e. The monoisotopic (exact) mass is 286 g/mol. The van der Waals surface area contributed by atoms with Gasteiger partial charge in [0.05, 0.1) is 5.41 Å². The lowest BCUT2D eigenvalue weighted by Gasteiger charge is -2.37. The fourth-order valence-corrected chi connectivity index (χ4v) is 3.36. The molecule has 118 valence electrons. The maximum Gasteiger partial charge on any atom is 0.309 e. The Labute approximate surface area is 122 Å². The van der Waals surface area contributed by atoms with Crippen LogP contribution in [0.15, 0.2) is 0 Å². The van der Waals surface area contributed by atoms with Crippen molar-refractivity contribution in [3.8, 4) is 0 Å². The van der Waals surface area contributed by atoms with E-state index < -0.39 is 17.4 Å². The Balaban J connectivity index is 5.06. The number of aliphatic carboxylic acids is 2. The molecule has 0 amide bonds. The van der Waals surface area contributed by atoms with Crippen molar-refractivity contribution in [2.45, 2.75) is 78.6 Å². The maximum atomic E-state index is 11.9. The summed E-state index contributed by atoms with van der Waals surface area (Å²) in [5, 5.41) is 18.5. The van der Waals surface area contributed by atoms with Gasteiger partial charge in [-0.25, -0.2) is 0 Å². The van der Waals surface area contributed by atoms with Crippen LogP contribution in [0.25, 0.3) is 0 Å². The summed E-state index contributed by atoms with van der Waals surface area (Å²) >= 11 is 0. The predicted octanol–water partition coefficient (Wildman–Crippen LogP) is 4.33. The predicted molar refractivity (Wildman–Crippen MR) is 79.8 cm³/mol. The van der Waals surface area contributed by atoms with E-state index in [1.807, 2.05) is 13.8 Å². The van der Waals surface area contributed by atoms with Gasteiger partial charge in [-0.1, -0.05) is 40.0 Å². The Morgan fingerprint density at radius 3 is 1.85 bits per heavy atom. The lowest BCUT2D eigenvalue weighted by Crippen LogP contribution is -2.39. The summed E-state index contributed by atoms with van der Waals surface area (Å²) in [7, 11) is 0. The fraction of sp³-hybridized carbons (Fsp3) is 0.875. The third-order valence-electron chi connectivity index (χ3n) is 4.18. The first kappa shape index (κ1) is 18.9. The average Bonchev–Trinajstić information content (AvgIpc) is 2.36. The van der Waals surface area contributed by atoms with Gasteiger partial charge < -0.3 is 10.2 Å². The quantitative estimate of drug-likeness (QED) is 0.560. The first-order valence-electron chi connectivity index (χ1n) is 7.89. The third kappa shape index (κ3) is 5.51. The van der Waals surface area contributed by atoms with Gasteiger partial charge in [0, 0.05) is 6.42 Å². The van der Waals surface area contributed by atoms with E-state index in [2.05, 4.69) is 6.92 Å². The van der Waals surface area contributed by atoms with Crippen LogP contribution < -0.4 is 0 Å². The molecule has 0 spiro atoms. The van der Waals surface area contributed by atoms with Gasteiger partial charge in [0.1, 0.15) is 0 Å². The van der Waals surface area contributed by atoms with Crippen molar-refractivity contribution < 1.29 is 19.8 Å². The molecule has 0 saturated heterocycles. The average molecular weight is 286 g/mol. The van der Waals surface area contributed by atoms with E-state index in [-0.39, 0.29) is 12.3 Å². The second-order valence-electron chi connectivity index (χ2n) is 5.73. The zero-order valence-electron chi connectivity index (χ0n) is 13.2. The summed E-state index contributed by atoms with van der Waals surface area (Å²) in [4.78, 5) is 22.6. The van der Waals surface area contributed by atoms with Gasteiger partial charge in [-0.2, -0.15) is 0 Å². The molecular weight excluding hydrogens is 256 g/mol. The summed E-state index contributed by atoms with van der Waals surface area (Å²) in [6.45, 7) is 6.11. The number of hydrogen-bond donors (Lipinski definition) is 2. The standard InChI is InChI=1S/C16H30O4/c1-4-8-13(9-7-10-14(17)18)16(11-5-2,12-6-3)15(19)20/h13H,4-12H2,1-3H3,(H,17,18)(H,19,20). The Morgan fingerprint density at radius 1 is 0.950 bits per heavy atom. The van der Waals surface area contributed by atoms with Crippen LogP contribution in [0.2, 0.25) is 0 Å². The van der Waals surface area contributed by atoms with E-state index in [9.17, 15) is 14.7 Å². The van der Waals surface area contributed by atoms with Gasteiger partial charge in [0.15, 0.2) is 0 Å². The Kier molecular flexibility index (Phi) is 9.26. The van der Waals surface area contributed by atoms with Gasteiger partial charge in [-0.15, -0.1) is 0 Å². The zero-order valence-corrected chi connectivity index (χ0v) is 13.2. The minimum absolute atomic E-state index is 0.0873. The van der Waals surface area contributed by atoms with Crippen LogP contribution in [0.5, 0.6) is 0 Å².